The van der Waals surface area contributed by atoms with E-state index in [0.29, 0.717) is 6.54 Å². The topological polar surface area (TPSA) is 52.6 Å². The smallest absolute Gasteiger partial charge is 0.317 e. The number of amides is 2. The predicted molar refractivity (Wildman–Crippen MR) is 99.7 cm³/mol. The van der Waals surface area contributed by atoms with E-state index < -0.39 is 0 Å². The van der Waals surface area contributed by atoms with Gasteiger partial charge < -0.3 is 15.3 Å². The zero-order chi connectivity index (χ0) is 17.6. The van der Waals surface area contributed by atoms with E-state index >= 15 is 0 Å². The van der Waals surface area contributed by atoms with Crippen LogP contribution in [0.4, 0.5) is 4.79 Å². The van der Waals surface area contributed by atoms with Crippen molar-refractivity contribution >= 4 is 6.03 Å². The average Bonchev–Trinajstić information content (AvgIpc) is 3.10. The van der Waals surface area contributed by atoms with Gasteiger partial charge in [-0.3, -0.25) is 0 Å². The van der Waals surface area contributed by atoms with E-state index in [9.17, 15) is 9.90 Å². The highest BCUT2D eigenvalue weighted by molar-refractivity contribution is 5.75. The quantitative estimate of drug-likeness (QED) is 0.804. The Hall–Kier alpha value is -2.49. The third kappa shape index (κ3) is 4.53. The number of aromatic hydroxyl groups is 1. The molecule has 1 unspecified atom stereocenters. The minimum absolute atomic E-state index is 0.0368. The molecule has 0 saturated carbocycles. The van der Waals surface area contributed by atoms with Crippen molar-refractivity contribution in [3.8, 4) is 5.75 Å². The van der Waals surface area contributed by atoms with Gasteiger partial charge in [0, 0.05) is 13.1 Å². The summed E-state index contributed by atoms with van der Waals surface area (Å²) in [6.07, 6.45) is 3.87. The number of rotatable bonds is 5. The number of nitrogens with one attached hydrogen (secondary N) is 1. The molecular formula is C21H26N2O2. The first-order chi connectivity index (χ1) is 12.1. The molecule has 2 amide bonds. The highest BCUT2D eigenvalue weighted by Gasteiger charge is 2.29. The summed E-state index contributed by atoms with van der Waals surface area (Å²) < 4.78 is 0. The second-order valence-corrected chi connectivity index (χ2v) is 6.77. The van der Waals surface area contributed by atoms with Crippen LogP contribution in [0, 0.1) is 6.92 Å². The minimum atomic E-state index is 0.0368. The van der Waals surface area contributed by atoms with Crippen LogP contribution < -0.4 is 5.32 Å². The number of carbonyl (C=O) groups is 1. The van der Waals surface area contributed by atoms with E-state index in [2.05, 4.69) is 36.5 Å². The average molecular weight is 338 g/mol. The van der Waals surface area contributed by atoms with Crippen LogP contribution in [0.2, 0.25) is 0 Å². The van der Waals surface area contributed by atoms with Gasteiger partial charge in [-0.05, 0) is 55.9 Å². The van der Waals surface area contributed by atoms with E-state index in [1.54, 1.807) is 12.1 Å². The molecule has 2 N–H and O–H groups in total. The Balaban J connectivity index is 1.49. The van der Waals surface area contributed by atoms with Gasteiger partial charge in [-0.2, -0.15) is 0 Å². The number of aryl methyl sites for hydroxylation is 2. The third-order valence-electron chi connectivity index (χ3n) is 4.80. The van der Waals surface area contributed by atoms with Crippen molar-refractivity contribution in [1.29, 1.82) is 0 Å². The normalized spacial score (nSPS) is 16.8. The van der Waals surface area contributed by atoms with Gasteiger partial charge in [0.25, 0.3) is 0 Å². The van der Waals surface area contributed by atoms with Gasteiger partial charge in [0.1, 0.15) is 5.75 Å². The number of urea groups is 1. The molecule has 1 atom stereocenters. The molecule has 132 valence electrons. The minimum Gasteiger partial charge on any atom is -0.508 e. The molecule has 0 aliphatic carbocycles. The number of hydrogen-bond donors (Lipinski definition) is 2. The van der Waals surface area contributed by atoms with Crippen LogP contribution in [0.25, 0.3) is 0 Å². The van der Waals surface area contributed by atoms with Gasteiger partial charge in [-0.1, -0.05) is 42.0 Å². The second-order valence-electron chi connectivity index (χ2n) is 6.77. The van der Waals surface area contributed by atoms with E-state index in [1.165, 1.54) is 16.7 Å². The lowest BCUT2D eigenvalue weighted by molar-refractivity contribution is 0.193. The first-order valence-electron chi connectivity index (χ1n) is 9.02. The summed E-state index contributed by atoms with van der Waals surface area (Å²) in [5.74, 6) is 0.285. The molecule has 4 heteroatoms. The number of nitrogens with zero attached hydrogens (tertiary/aromatic N) is 1. The molecule has 2 aromatic rings. The van der Waals surface area contributed by atoms with Crippen molar-refractivity contribution < 1.29 is 9.90 Å². The zero-order valence-corrected chi connectivity index (χ0v) is 14.7. The van der Waals surface area contributed by atoms with Gasteiger partial charge in [-0.25, -0.2) is 4.79 Å². The molecule has 1 aliphatic rings. The summed E-state index contributed by atoms with van der Waals surface area (Å²) in [7, 11) is 0. The number of phenolic OH excluding ortho intramolecular Hbond substituents is 1. The summed E-state index contributed by atoms with van der Waals surface area (Å²) >= 11 is 0. The maximum Gasteiger partial charge on any atom is 0.317 e. The monoisotopic (exact) mass is 338 g/mol. The van der Waals surface area contributed by atoms with Crippen molar-refractivity contribution in [2.75, 3.05) is 13.1 Å². The molecule has 0 aromatic heterocycles. The van der Waals surface area contributed by atoms with Crippen LogP contribution in [0.15, 0.2) is 48.5 Å². The van der Waals surface area contributed by atoms with Crippen molar-refractivity contribution in [3.05, 3.63) is 65.2 Å². The molecule has 2 aromatic carbocycles. The Morgan fingerprint density at radius 1 is 1.24 bits per heavy atom. The number of carbonyl (C=O) groups excluding carboxylic acids is 1. The molecule has 3 rings (SSSR count). The molecule has 1 aliphatic heterocycles. The lowest BCUT2D eigenvalue weighted by Crippen LogP contribution is -2.40. The molecule has 1 saturated heterocycles. The molecule has 1 fully saturated rings. The summed E-state index contributed by atoms with van der Waals surface area (Å²) in [4.78, 5) is 14.5. The molecule has 0 spiro atoms. The molecule has 4 nitrogen and oxygen atoms in total. The fourth-order valence-corrected chi connectivity index (χ4v) is 3.49. The van der Waals surface area contributed by atoms with Crippen molar-refractivity contribution in [2.45, 2.75) is 38.6 Å². The van der Waals surface area contributed by atoms with Crippen molar-refractivity contribution in [1.82, 2.24) is 10.2 Å². The summed E-state index contributed by atoms with van der Waals surface area (Å²) in [5.41, 5.74) is 3.64. The first kappa shape index (κ1) is 17.3. The standard InChI is InChI=1S/C21H26N2O2/c1-16-5-2-7-18(15-16)20-8-4-14-23(20)21(25)22-13-3-6-17-9-11-19(24)12-10-17/h2,5,7,9-12,15,20,24H,3-4,6,8,13-14H2,1H3,(H,22,25). The van der Waals surface area contributed by atoms with E-state index in [4.69, 9.17) is 0 Å². The van der Waals surface area contributed by atoms with Gasteiger partial charge in [0.2, 0.25) is 0 Å². The Bertz CT molecular complexity index is 712. The molecule has 25 heavy (non-hydrogen) atoms. The Kier molecular flexibility index (Phi) is 5.59. The van der Waals surface area contributed by atoms with Crippen LogP contribution in [0.5, 0.6) is 5.75 Å². The van der Waals surface area contributed by atoms with Crippen LogP contribution in [0.3, 0.4) is 0 Å². The molecular weight excluding hydrogens is 312 g/mol. The number of hydrogen-bond acceptors (Lipinski definition) is 2. The largest absolute Gasteiger partial charge is 0.508 e. The third-order valence-corrected chi connectivity index (χ3v) is 4.80. The van der Waals surface area contributed by atoms with Crippen LogP contribution in [-0.4, -0.2) is 29.1 Å². The number of phenols is 1. The highest BCUT2D eigenvalue weighted by atomic mass is 16.3. The van der Waals surface area contributed by atoms with Gasteiger partial charge in [-0.15, -0.1) is 0 Å². The molecule has 0 bridgehead atoms. The van der Waals surface area contributed by atoms with Crippen molar-refractivity contribution in [2.24, 2.45) is 0 Å². The van der Waals surface area contributed by atoms with Crippen LogP contribution in [0.1, 0.15) is 42.0 Å². The molecule has 0 radical (unpaired) electrons. The van der Waals surface area contributed by atoms with E-state index in [0.717, 1.165) is 32.2 Å². The lowest BCUT2D eigenvalue weighted by Gasteiger charge is -2.25. The Morgan fingerprint density at radius 2 is 2.04 bits per heavy atom. The van der Waals surface area contributed by atoms with E-state index in [-0.39, 0.29) is 17.8 Å². The Labute approximate surface area is 149 Å². The summed E-state index contributed by atoms with van der Waals surface area (Å²) in [6.45, 7) is 3.57. The SMILES string of the molecule is Cc1cccc(C2CCCN2C(=O)NCCCc2ccc(O)cc2)c1. The maximum atomic E-state index is 12.6. The van der Waals surface area contributed by atoms with Gasteiger partial charge >= 0.3 is 6.03 Å². The predicted octanol–water partition coefficient (Wildman–Crippen LogP) is 4.18. The van der Waals surface area contributed by atoms with Crippen LogP contribution in [-0.2, 0) is 6.42 Å². The van der Waals surface area contributed by atoms with Crippen molar-refractivity contribution in [3.63, 3.8) is 0 Å². The second kappa shape index (κ2) is 8.06. The lowest BCUT2D eigenvalue weighted by atomic mass is 10.0. The summed E-state index contributed by atoms with van der Waals surface area (Å²) in [6, 6.07) is 15.9. The molecule has 1 heterocycles. The maximum absolute atomic E-state index is 12.6. The van der Waals surface area contributed by atoms with Gasteiger partial charge in [0.15, 0.2) is 0 Å². The first-order valence-corrected chi connectivity index (χ1v) is 9.02. The summed E-state index contributed by atoms with van der Waals surface area (Å²) in [5, 5.41) is 12.4. The fourth-order valence-electron chi connectivity index (χ4n) is 3.49. The number of benzene rings is 2. The van der Waals surface area contributed by atoms with E-state index in [1.807, 2.05) is 17.0 Å². The fraction of sp³-hybridized carbons (Fsp3) is 0.381. The zero-order valence-electron chi connectivity index (χ0n) is 14.7. The van der Waals surface area contributed by atoms with Crippen LogP contribution >= 0.6 is 0 Å². The highest BCUT2D eigenvalue weighted by Crippen LogP contribution is 2.32. The number of likely N-dealkylation sites (tertiary alicyclic amines) is 1. The van der Waals surface area contributed by atoms with Gasteiger partial charge in [0.05, 0.1) is 6.04 Å². The Morgan fingerprint density at radius 3 is 2.80 bits per heavy atom.